The van der Waals surface area contributed by atoms with Gasteiger partial charge in [0.1, 0.15) is 0 Å². The van der Waals surface area contributed by atoms with Gasteiger partial charge < -0.3 is 10.2 Å². The van der Waals surface area contributed by atoms with Gasteiger partial charge >= 0.3 is 0 Å². The second-order valence-electron chi connectivity index (χ2n) is 5.97. The lowest BCUT2D eigenvalue weighted by molar-refractivity contribution is -0.384. The van der Waals surface area contributed by atoms with Crippen molar-refractivity contribution in [3.63, 3.8) is 0 Å². The summed E-state index contributed by atoms with van der Waals surface area (Å²) in [6.07, 6.45) is 3.57. The Morgan fingerprint density at radius 2 is 1.76 bits per heavy atom. The third kappa shape index (κ3) is 4.09. The predicted molar refractivity (Wildman–Crippen MR) is 98.6 cm³/mol. The van der Waals surface area contributed by atoms with Crippen LogP contribution in [-0.2, 0) is 0 Å². The lowest BCUT2D eigenvalue weighted by Gasteiger charge is -2.29. The molecule has 1 amide bonds. The van der Waals surface area contributed by atoms with Gasteiger partial charge in [0.25, 0.3) is 11.6 Å². The van der Waals surface area contributed by atoms with Crippen molar-refractivity contribution in [2.75, 3.05) is 23.3 Å². The molecule has 1 aliphatic rings. The number of amides is 1. The number of hydrogen-bond donors (Lipinski definition) is 1. The van der Waals surface area contributed by atoms with Gasteiger partial charge in [-0.05, 0) is 49.6 Å². The Balaban J connectivity index is 1.70. The molecule has 1 heterocycles. The molecule has 1 fully saturated rings. The highest BCUT2D eigenvalue weighted by Gasteiger charge is 2.15. The molecular formula is C18H18ClN3O3. The second-order valence-corrected chi connectivity index (χ2v) is 6.38. The van der Waals surface area contributed by atoms with Crippen molar-refractivity contribution >= 4 is 34.6 Å². The third-order valence-electron chi connectivity index (χ3n) is 4.24. The van der Waals surface area contributed by atoms with E-state index >= 15 is 0 Å². The highest BCUT2D eigenvalue weighted by molar-refractivity contribution is 6.33. The normalized spacial score (nSPS) is 14.2. The number of nitrogens with one attached hydrogen (secondary N) is 1. The van der Waals surface area contributed by atoms with Crippen LogP contribution in [0, 0.1) is 10.1 Å². The van der Waals surface area contributed by atoms with E-state index < -0.39 is 4.92 Å². The maximum atomic E-state index is 12.3. The average molecular weight is 360 g/mol. The SMILES string of the molecule is O=C(Nc1ccc(N2CCCCC2)c(Cl)c1)c1ccc([N+](=O)[O-])cc1. The van der Waals surface area contributed by atoms with Crippen LogP contribution < -0.4 is 10.2 Å². The molecule has 0 saturated carbocycles. The number of halogens is 1. The number of hydrogen-bond acceptors (Lipinski definition) is 4. The molecule has 6 nitrogen and oxygen atoms in total. The first-order valence-electron chi connectivity index (χ1n) is 8.15. The summed E-state index contributed by atoms with van der Waals surface area (Å²) in [5.74, 6) is -0.336. The minimum absolute atomic E-state index is 0.0505. The molecule has 1 saturated heterocycles. The van der Waals surface area contributed by atoms with E-state index in [1.54, 1.807) is 6.07 Å². The molecule has 0 atom stereocenters. The molecule has 130 valence electrons. The molecule has 0 aliphatic carbocycles. The molecule has 7 heteroatoms. The number of nitrogens with zero attached hydrogens (tertiary/aromatic N) is 2. The molecule has 1 aliphatic heterocycles. The standard InChI is InChI=1S/C18H18ClN3O3/c19-16-12-14(6-9-17(16)21-10-2-1-3-11-21)20-18(23)13-4-7-15(8-5-13)22(24)25/h4-9,12H,1-3,10-11H2,(H,20,23). The highest BCUT2D eigenvalue weighted by atomic mass is 35.5. The zero-order chi connectivity index (χ0) is 17.8. The molecule has 2 aromatic carbocycles. The zero-order valence-corrected chi connectivity index (χ0v) is 14.3. The first-order valence-corrected chi connectivity index (χ1v) is 8.53. The molecule has 0 aromatic heterocycles. The van der Waals surface area contributed by atoms with E-state index in [0.29, 0.717) is 16.3 Å². The zero-order valence-electron chi connectivity index (χ0n) is 13.6. The first-order chi connectivity index (χ1) is 12.0. The van der Waals surface area contributed by atoms with E-state index in [1.807, 2.05) is 12.1 Å². The summed E-state index contributed by atoms with van der Waals surface area (Å²) in [5, 5.41) is 14.0. The minimum atomic E-state index is -0.499. The maximum absolute atomic E-state index is 12.3. The van der Waals surface area contributed by atoms with Gasteiger partial charge in [0.15, 0.2) is 0 Å². The molecule has 0 radical (unpaired) electrons. The van der Waals surface area contributed by atoms with Crippen molar-refractivity contribution in [3.8, 4) is 0 Å². The summed E-state index contributed by atoms with van der Waals surface area (Å²) in [6, 6.07) is 10.9. The average Bonchev–Trinajstić information content (AvgIpc) is 2.62. The largest absolute Gasteiger partial charge is 0.370 e. The van der Waals surface area contributed by atoms with E-state index in [0.717, 1.165) is 31.6 Å². The van der Waals surface area contributed by atoms with Gasteiger partial charge in [-0.25, -0.2) is 0 Å². The van der Waals surface area contributed by atoms with Crippen molar-refractivity contribution in [3.05, 3.63) is 63.2 Å². The maximum Gasteiger partial charge on any atom is 0.269 e. The molecule has 3 rings (SSSR count). The number of nitro groups is 1. The lowest BCUT2D eigenvalue weighted by Crippen LogP contribution is -2.29. The van der Waals surface area contributed by atoms with Crippen LogP contribution in [0.1, 0.15) is 29.6 Å². The van der Waals surface area contributed by atoms with E-state index in [2.05, 4.69) is 10.2 Å². The fraction of sp³-hybridized carbons (Fsp3) is 0.278. The van der Waals surface area contributed by atoms with Crippen LogP contribution in [0.5, 0.6) is 0 Å². The summed E-state index contributed by atoms with van der Waals surface area (Å²) >= 11 is 6.38. The van der Waals surface area contributed by atoms with E-state index in [-0.39, 0.29) is 11.6 Å². The Labute approximate surface area is 150 Å². The van der Waals surface area contributed by atoms with Gasteiger partial charge in [0.05, 0.1) is 15.6 Å². The van der Waals surface area contributed by atoms with Crippen LogP contribution in [0.25, 0.3) is 0 Å². The number of carbonyl (C=O) groups is 1. The van der Waals surface area contributed by atoms with Crippen molar-refractivity contribution in [2.24, 2.45) is 0 Å². The van der Waals surface area contributed by atoms with Gasteiger partial charge in [0, 0.05) is 36.5 Å². The fourth-order valence-electron chi connectivity index (χ4n) is 2.91. The number of anilines is 2. The first kappa shape index (κ1) is 17.2. The van der Waals surface area contributed by atoms with Gasteiger partial charge in [-0.1, -0.05) is 11.6 Å². The molecule has 0 bridgehead atoms. The number of carbonyl (C=O) groups excluding carboxylic acids is 1. The minimum Gasteiger partial charge on any atom is -0.370 e. The molecular weight excluding hydrogens is 342 g/mol. The summed E-state index contributed by atoms with van der Waals surface area (Å²) in [6.45, 7) is 1.99. The topological polar surface area (TPSA) is 75.5 Å². The molecule has 1 N–H and O–H groups in total. The van der Waals surface area contributed by atoms with Crippen molar-refractivity contribution in [2.45, 2.75) is 19.3 Å². The van der Waals surface area contributed by atoms with Crippen molar-refractivity contribution in [1.82, 2.24) is 0 Å². The van der Waals surface area contributed by atoms with Gasteiger partial charge in [-0.2, -0.15) is 0 Å². The second kappa shape index (κ2) is 7.53. The smallest absolute Gasteiger partial charge is 0.269 e. The van der Waals surface area contributed by atoms with E-state index in [9.17, 15) is 14.9 Å². The predicted octanol–water partition coefficient (Wildman–Crippen LogP) is 4.49. The monoisotopic (exact) mass is 359 g/mol. The number of rotatable bonds is 4. The van der Waals surface area contributed by atoms with Crippen molar-refractivity contribution in [1.29, 1.82) is 0 Å². The molecule has 0 unspecified atom stereocenters. The van der Waals surface area contributed by atoms with Gasteiger partial charge in [-0.15, -0.1) is 0 Å². The lowest BCUT2D eigenvalue weighted by atomic mass is 10.1. The summed E-state index contributed by atoms with van der Waals surface area (Å²) in [7, 11) is 0. The Hall–Kier alpha value is -2.60. The van der Waals surface area contributed by atoms with E-state index in [4.69, 9.17) is 11.6 Å². The summed E-state index contributed by atoms with van der Waals surface area (Å²) in [5.41, 5.74) is 1.87. The number of nitro benzene ring substituents is 1. The third-order valence-corrected chi connectivity index (χ3v) is 4.55. The number of non-ortho nitro benzene ring substituents is 1. The Morgan fingerprint density at radius 1 is 1.08 bits per heavy atom. The Kier molecular flexibility index (Phi) is 5.19. The van der Waals surface area contributed by atoms with Crippen LogP contribution in [0.4, 0.5) is 17.1 Å². The van der Waals surface area contributed by atoms with Gasteiger partial charge in [0.2, 0.25) is 0 Å². The van der Waals surface area contributed by atoms with Crippen LogP contribution in [0.15, 0.2) is 42.5 Å². The summed E-state index contributed by atoms with van der Waals surface area (Å²) < 4.78 is 0. The summed E-state index contributed by atoms with van der Waals surface area (Å²) in [4.78, 5) is 24.7. The van der Waals surface area contributed by atoms with Crippen LogP contribution in [-0.4, -0.2) is 23.9 Å². The highest BCUT2D eigenvalue weighted by Crippen LogP contribution is 2.31. The van der Waals surface area contributed by atoms with Gasteiger partial charge in [-0.3, -0.25) is 14.9 Å². The molecule has 0 spiro atoms. The van der Waals surface area contributed by atoms with Crippen LogP contribution in [0.3, 0.4) is 0 Å². The van der Waals surface area contributed by atoms with E-state index in [1.165, 1.54) is 30.7 Å². The molecule has 2 aromatic rings. The number of benzene rings is 2. The Bertz CT molecular complexity index is 787. The Morgan fingerprint density at radius 3 is 2.36 bits per heavy atom. The quantitative estimate of drug-likeness (QED) is 0.644. The van der Waals surface area contributed by atoms with Crippen LogP contribution in [0.2, 0.25) is 5.02 Å². The fourth-order valence-corrected chi connectivity index (χ4v) is 3.21. The molecule has 25 heavy (non-hydrogen) atoms. The van der Waals surface area contributed by atoms with Crippen LogP contribution >= 0.6 is 11.6 Å². The number of piperidine rings is 1. The van der Waals surface area contributed by atoms with Crippen molar-refractivity contribution < 1.29 is 9.72 Å².